The quantitative estimate of drug-likeness (QED) is 0.440. The Morgan fingerprint density at radius 1 is 1.06 bits per heavy atom. The van der Waals surface area contributed by atoms with Gasteiger partial charge in [-0.3, -0.25) is 0 Å². The van der Waals surface area contributed by atoms with Crippen molar-refractivity contribution >= 4 is 92.8 Å². The summed E-state index contributed by atoms with van der Waals surface area (Å²) in [5.74, 6) is 0. The lowest BCUT2D eigenvalue weighted by molar-refractivity contribution is 0.0793. The van der Waals surface area contributed by atoms with Crippen molar-refractivity contribution in [3.8, 4) is 0 Å². The molecule has 1 aliphatic rings. The second kappa shape index (κ2) is 7.00. The minimum absolute atomic E-state index is 0.0176. The smallest absolute Gasteiger partial charge is 0.192 e. The van der Waals surface area contributed by atoms with Crippen LogP contribution in [0.25, 0.3) is 0 Å². The van der Waals surface area contributed by atoms with Crippen LogP contribution in [0.4, 0.5) is 0 Å². The Morgan fingerprint density at radius 3 is 1.94 bits per heavy atom. The summed E-state index contributed by atoms with van der Waals surface area (Å²) >= 11 is 47.1. The highest BCUT2D eigenvalue weighted by Crippen LogP contribution is 2.52. The first kappa shape index (κ1) is 18.3. The minimum Gasteiger partial charge on any atom is -0.371 e. The van der Waals surface area contributed by atoms with Crippen molar-refractivity contribution in [3.05, 3.63) is 0 Å². The van der Waals surface area contributed by atoms with E-state index in [0.717, 1.165) is 0 Å². The maximum Gasteiger partial charge on any atom is 0.192 e. The van der Waals surface area contributed by atoms with Gasteiger partial charge in [0.2, 0.25) is 0 Å². The molecule has 1 fully saturated rings. The molecule has 3 atom stereocenters. The van der Waals surface area contributed by atoms with Crippen LogP contribution in [0.3, 0.4) is 0 Å². The Balaban J connectivity index is 2.68. The van der Waals surface area contributed by atoms with Crippen molar-refractivity contribution < 1.29 is 9.47 Å². The molecular formula is C8H8Cl8O2. The fourth-order valence-corrected chi connectivity index (χ4v) is 3.04. The van der Waals surface area contributed by atoms with Gasteiger partial charge in [-0.05, 0) is 0 Å². The molecule has 0 aromatic carbocycles. The van der Waals surface area contributed by atoms with Crippen molar-refractivity contribution in [2.24, 2.45) is 0 Å². The number of rotatable bonds is 7. The normalized spacial score (nSPS) is 24.2. The van der Waals surface area contributed by atoms with Crippen molar-refractivity contribution in [1.82, 2.24) is 0 Å². The average Bonchev–Trinajstić information content (AvgIpc) is 3.07. The van der Waals surface area contributed by atoms with Crippen molar-refractivity contribution in [3.63, 3.8) is 0 Å². The zero-order valence-electron chi connectivity index (χ0n) is 8.56. The molecular weight excluding hydrogens is 412 g/mol. The molecule has 0 amide bonds. The van der Waals surface area contributed by atoms with Gasteiger partial charge in [0.05, 0.1) is 18.6 Å². The Morgan fingerprint density at radius 2 is 1.56 bits per heavy atom. The van der Waals surface area contributed by atoms with Gasteiger partial charge >= 0.3 is 0 Å². The molecule has 0 aliphatic carbocycles. The van der Waals surface area contributed by atoms with Crippen molar-refractivity contribution in [2.45, 2.75) is 30.5 Å². The van der Waals surface area contributed by atoms with E-state index in [1.165, 1.54) is 0 Å². The summed E-state index contributed by atoms with van der Waals surface area (Å²) in [6, 6.07) is 0. The molecule has 3 unspecified atom stereocenters. The highest BCUT2D eigenvalue weighted by atomic mass is 35.5. The molecule has 0 spiro atoms. The van der Waals surface area contributed by atoms with Crippen LogP contribution < -0.4 is 0 Å². The van der Waals surface area contributed by atoms with Gasteiger partial charge in [0, 0.05) is 0 Å². The summed E-state index contributed by atoms with van der Waals surface area (Å²) in [6.07, 6.45) is -0.0176. The minimum atomic E-state index is -1.92. The number of epoxide rings is 1. The van der Waals surface area contributed by atoms with Crippen LogP contribution in [0, 0.1) is 0 Å². The summed E-state index contributed by atoms with van der Waals surface area (Å²) in [5, 5.41) is -1.15. The molecule has 18 heavy (non-hydrogen) atoms. The van der Waals surface area contributed by atoms with Gasteiger partial charge in [-0.25, -0.2) is 0 Å². The van der Waals surface area contributed by atoms with E-state index in [1.807, 2.05) is 0 Å². The number of hydrogen-bond donors (Lipinski definition) is 0. The molecule has 1 aliphatic heterocycles. The first-order chi connectivity index (χ1) is 8.10. The zero-order valence-corrected chi connectivity index (χ0v) is 14.6. The second-order valence-electron chi connectivity index (χ2n) is 3.59. The maximum absolute atomic E-state index is 6.02. The molecule has 2 nitrogen and oxygen atoms in total. The zero-order chi connectivity index (χ0) is 14.1. The van der Waals surface area contributed by atoms with E-state index >= 15 is 0 Å². The van der Waals surface area contributed by atoms with Gasteiger partial charge in [-0.1, -0.05) is 58.0 Å². The predicted molar refractivity (Wildman–Crippen MR) is 79.3 cm³/mol. The molecule has 1 saturated heterocycles. The topological polar surface area (TPSA) is 21.8 Å². The summed E-state index contributed by atoms with van der Waals surface area (Å²) in [6.45, 7) is 0.814. The Kier molecular flexibility index (Phi) is 7.11. The molecule has 0 N–H and O–H groups in total. The van der Waals surface area contributed by atoms with E-state index in [0.29, 0.717) is 6.61 Å². The average molecular weight is 420 g/mol. The first-order valence-corrected chi connectivity index (χ1v) is 7.91. The number of alkyl halides is 8. The van der Waals surface area contributed by atoms with Crippen molar-refractivity contribution in [2.75, 3.05) is 13.2 Å². The van der Waals surface area contributed by atoms with E-state index in [2.05, 4.69) is 0 Å². The van der Waals surface area contributed by atoms with E-state index in [4.69, 9.17) is 102 Å². The summed E-state index contributed by atoms with van der Waals surface area (Å²) in [4.78, 5) is -1.09. The van der Waals surface area contributed by atoms with Crippen LogP contribution in [-0.4, -0.2) is 43.8 Å². The van der Waals surface area contributed by atoms with Crippen LogP contribution in [-0.2, 0) is 9.47 Å². The number of halogens is 8. The van der Waals surface area contributed by atoms with Gasteiger partial charge < -0.3 is 9.47 Å². The van der Waals surface area contributed by atoms with Crippen LogP contribution in [0.15, 0.2) is 0 Å². The lowest BCUT2D eigenvalue weighted by Crippen LogP contribution is -2.52. The molecule has 1 rings (SSSR count). The lowest BCUT2D eigenvalue weighted by Gasteiger charge is -2.38. The van der Waals surface area contributed by atoms with Crippen LogP contribution in [0.5, 0.6) is 0 Å². The molecule has 0 bridgehead atoms. The highest BCUT2D eigenvalue weighted by molar-refractivity contribution is 6.67. The van der Waals surface area contributed by atoms with Crippen LogP contribution >= 0.6 is 92.8 Å². The van der Waals surface area contributed by atoms with E-state index in [9.17, 15) is 0 Å². The van der Waals surface area contributed by atoms with E-state index < -0.39 is 24.4 Å². The molecule has 0 radical (unpaired) electrons. The first-order valence-electron chi connectivity index (χ1n) is 4.65. The molecule has 1 heterocycles. The fraction of sp³-hybridized carbons (Fsp3) is 1.00. The van der Waals surface area contributed by atoms with Gasteiger partial charge in [0.15, 0.2) is 14.2 Å². The molecule has 0 aromatic rings. The fourth-order valence-electron chi connectivity index (χ4n) is 0.954. The van der Waals surface area contributed by atoms with Crippen molar-refractivity contribution in [1.29, 1.82) is 0 Å². The molecule has 10 heteroatoms. The summed E-state index contributed by atoms with van der Waals surface area (Å²) in [5.41, 5.74) is -1.21. The lowest BCUT2D eigenvalue weighted by atomic mass is 10.2. The maximum atomic E-state index is 6.02. The third-order valence-corrected chi connectivity index (χ3v) is 6.82. The third kappa shape index (κ3) is 4.37. The SMILES string of the molecule is ClC(Cl)C(Cl)C(Cl)(Cl)C(Cl)(Cl)C(Cl)OCC1CO1. The van der Waals surface area contributed by atoms with Crippen LogP contribution in [0.1, 0.15) is 0 Å². The van der Waals surface area contributed by atoms with E-state index in [-0.39, 0.29) is 12.7 Å². The summed E-state index contributed by atoms with van der Waals surface area (Å²) in [7, 11) is 0. The largest absolute Gasteiger partial charge is 0.371 e. The third-order valence-electron chi connectivity index (χ3n) is 2.13. The number of ether oxygens (including phenoxy) is 2. The summed E-state index contributed by atoms with van der Waals surface area (Å²) < 4.78 is 6.32. The molecule has 0 saturated carbocycles. The van der Waals surface area contributed by atoms with Gasteiger partial charge in [-0.2, -0.15) is 0 Å². The molecule has 108 valence electrons. The van der Waals surface area contributed by atoms with Crippen LogP contribution in [0.2, 0.25) is 0 Å². The van der Waals surface area contributed by atoms with Gasteiger partial charge in [0.1, 0.15) is 10.9 Å². The second-order valence-corrected chi connectivity index (χ2v) is 8.39. The number of hydrogen-bond acceptors (Lipinski definition) is 2. The standard InChI is InChI=1S/C8H8Cl8O2/c9-4(5(10)11)7(13,14)8(15,16)6(12)18-2-3-1-17-3/h3-6H,1-2H2. The highest BCUT2D eigenvalue weighted by Gasteiger charge is 2.58. The molecule has 0 aromatic heterocycles. The Bertz CT molecular complexity index is 280. The Labute approximate surface area is 145 Å². The van der Waals surface area contributed by atoms with Gasteiger partial charge in [-0.15, -0.1) is 34.8 Å². The predicted octanol–water partition coefficient (Wildman–Crippen LogP) is 4.73. The monoisotopic (exact) mass is 416 g/mol. The van der Waals surface area contributed by atoms with Gasteiger partial charge in [0.25, 0.3) is 0 Å². The Hall–Kier alpha value is 2.24. The van der Waals surface area contributed by atoms with E-state index in [1.54, 1.807) is 0 Å².